The van der Waals surface area contributed by atoms with Crippen LogP contribution < -0.4 is 4.74 Å². The number of hydrogen-bond acceptors (Lipinski definition) is 6. The minimum Gasteiger partial charge on any atom is -0.504 e. The summed E-state index contributed by atoms with van der Waals surface area (Å²) >= 11 is 0. The molecule has 0 aliphatic heterocycles. The van der Waals surface area contributed by atoms with E-state index < -0.39 is 5.97 Å². The Kier molecular flexibility index (Phi) is 4.27. The zero-order chi connectivity index (χ0) is 15.4. The second-order valence-electron chi connectivity index (χ2n) is 4.31. The molecule has 0 radical (unpaired) electrons. The molecule has 0 saturated carbocycles. The number of carbonyl (C=O) groups excluding carboxylic acids is 1. The van der Waals surface area contributed by atoms with Crippen LogP contribution in [0.25, 0.3) is 11.6 Å². The molecule has 1 aromatic carbocycles. The zero-order valence-corrected chi connectivity index (χ0v) is 11.9. The third kappa shape index (κ3) is 3.22. The van der Waals surface area contributed by atoms with E-state index in [0.717, 1.165) is 0 Å². The summed E-state index contributed by atoms with van der Waals surface area (Å²) in [6.45, 7) is 1.76. The number of phenols is 1. The van der Waals surface area contributed by atoms with Crippen molar-refractivity contribution in [3.63, 3.8) is 0 Å². The van der Waals surface area contributed by atoms with Gasteiger partial charge >= 0.3 is 5.97 Å². The van der Waals surface area contributed by atoms with Crippen molar-refractivity contribution in [2.45, 2.75) is 6.92 Å². The maximum absolute atomic E-state index is 11.9. The maximum atomic E-state index is 11.9. The Hall–Kier alpha value is -2.76. The van der Waals surface area contributed by atoms with E-state index in [0.29, 0.717) is 22.8 Å². The van der Waals surface area contributed by atoms with Crippen LogP contribution in [0.15, 0.2) is 28.8 Å². The number of nitrogens with zero attached hydrogens (tertiary/aromatic N) is 1. The maximum Gasteiger partial charge on any atom is 0.341 e. The molecule has 6 heteroatoms. The van der Waals surface area contributed by atoms with E-state index >= 15 is 0 Å². The highest BCUT2D eigenvalue weighted by atomic mass is 16.5. The minimum atomic E-state index is -0.543. The molecule has 110 valence electrons. The van der Waals surface area contributed by atoms with Gasteiger partial charge in [0.1, 0.15) is 5.57 Å². The van der Waals surface area contributed by atoms with Crippen molar-refractivity contribution in [2.24, 2.45) is 0 Å². The molecule has 1 aromatic heterocycles. The number of carbonyl (C=O) groups is 1. The topological polar surface area (TPSA) is 81.8 Å². The molecule has 1 heterocycles. The van der Waals surface area contributed by atoms with E-state index in [2.05, 4.69) is 5.16 Å². The molecule has 0 saturated heterocycles. The third-order valence-electron chi connectivity index (χ3n) is 2.81. The van der Waals surface area contributed by atoms with Crippen molar-refractivity contribution in [1.82, 2.24) is 5.16 Å². The number of phenolic OH excluding ortho intramolecular Hbond substituents is 1. The van der Waals surface area contributed by atoms with Gasteiger partial charge in [-0.3, -0.25) is 0 Å². The first-order chi connectivity index (χ1) is 10.0. The van der Waals surface area contributed by atoms with Gasteiger partial charge in [-0.2, -0.15) is 0 Å². The van der Waals surface area contributed by atoms with Crippen LogP contribution in [-0.4, -0.2) is 30.5 Å². The van der Waals surface area contributed by atoms with Gasteiger partial charge in [0.15, 0.2) is 17.3 Å². The van der Waals surface area contributed by atoms with Gasteiger partial charge in [-0.15, -0.1) is 0 Å². The predicted octanol–water partition coefficient (Wildman–Crippen LogP) is 2.41. The molecule has 0 unspecified atom stereocenters. The number of hydrogen-bond donors (Lipinski definition) is 1. The Morgan fingerprint density at radius 2 is 2.10 bits per heavy atom. The fourth-order valence-electron chi connectivity index (χ4n) is 1.78. The Labute approximate surface area is 121 Å². The third-order valence-corrected chi connectivity index (χ3v) is 2.81. The molecule has 0 aliphatic carbocycles. The molecule has 0 bridgehead atoms. The van der Waals surface area contributed by atoms with Crippen LogP contribution in [0, 0.1) is 6.92 Å². The van der Waals surface area contributed by atoms with Gasteiger partial charge in [-0.1, -0.05) is 11.2 Å². The van der Waals surface area contributed by atoms with E-state index in [-0.39, 0.29) is 11.3 Å². The largest absolute Gasteiger partial charge is 0.504 e. The fraction of sp³-hybridized carbons (Fsp3) is 0.200. The summed E-state index contributed by atoms with van der Waals surface area (Å²) in [5, 5.41) is 13.3. The second kappa shape index (κ2) is 6.13. The van der Waals surface area contributed by atoms with Crippen LogP contribution in [0.3, 0.4) is 0 Å². The molecule has 1 N–H and O–H groups in total. The van der Waals surface area contributed by atoms with E-state index in [1.807, 2.05) is 0 Å². The highest BCUT2D eigenvalue weighted by Gasteiger charge is 2.17. The first-order valence-electron chi connectivity index (χ1n) is 6.16. The smallest absolute Gasteiger partial charge is 0.341 e. The van der Waals surface area contributed by atoms with Gasteiger partial charge in [-0.25, -0.2) is 4.79 Å². The monoisotopic (exact) mass is 289 g/mol. The number of benzene rings is 1. The Balaban J connectivity index is 2.48. The van der Waals surface area contributed by atoms with Crippen LogP contribution in [0.1, 0.15) is 17.0 Å². The van der Waals surface area contributed by atoms with Crippen molar-refractivity contribution >= 4 is 17.6 Å². The zero-order valence-electron chi connectivity index (χ0n) is 11.9. The minimum absolute atomic E-state index is 0.0183. The molecular weight excluding hydrogens is 274 g/mol. The summed E-state index contributed by atoms with van der Waals surface area (Å²) in [4.78, 5) is 11.9. The van der Waals surface area contributed by atoms with Crippen molar-refractivity contribution in [1.29, 1.82) is 0 Å². The number of ether oxygens (including phenoxy) is 2. The molecule has 0 amide bonds. The second-order valence-corrected chi connectivity index (χ2v) is 4.31. The molecule has 0 aliphatic rings. The van der Waals surface area contributed by atoms with Crippen molar-refractivity contribution in [2.75, 3.05) is 14.2 Å². The number of methoxy groups -OCH3 is 2. The lowest BCUT2D eigenvalue weighted by atomic mass is 10.1. The number of aryl methyl sites for hydroxylation is 1. The van der Waals surface area contributed by atoms with Gasteiger partial charge in [0.2, 0.25) is 0 Å². The van der Waals surface area contributed by atoms with Gasteiger partial charge in [0.05, 0.1) is 19.9 Å². The summed E-state index contributed by atoms with van der Waals surface area (Å²) in [6.07, 6.45) is 1.58. The van der Waals surface area contributed by atoms with Crippen molar-refractivity contribution < 1.29 is 23.9 Å². The fourth-order valence-corrected chi connectivity index (χ4v) is 1.78. The van der Waals surface area contributed by atoms with Gasteiger partial charge in [0, 0.05) is 6.07 Å². The van der Waals surface area contributed by atoms with Crippen LogP contribution in [0.2, 0.25) is 0 Å². The number of aromatic nitrogens is 1. The Bertz CT molecular complexity index is 687. The predicted molar refractivity (Wildman–Crippen MR) is 75.8 cm³/mol. The molecule has 2 rings (SSSR count). The summed E-state index contributed by atoms with van der Waals surface area (Å²) in [7, 11) is 2.74. The lowest BCUT2D eigenvalue weighted by Gasteiger charge is -2.05. The molecule has 0 atom stereocenters. The average Bonchev–Trinajstić information content (AvgIpc) is 2.91. The van der Waals surface area contributed by atoms with E-state index in [1.165, 1.54) is 20.3 Å². The van der Waals surface area contributed by atoms with E-state index in [9.17, 15) is 9.90 Å². The van der Waals surface area contributed by atoms with Crippen LogP contribution in [0.4, 0.5) is 0 Å². The van der Waals surface area contributed by atoms with Crippen LogP contribution in [-0.2, 0) is 9.53 Å². The van der Waals surface area contributed by atoms with E-state index in [1.54, 1.807) is 31.2 Å². The van der Waals surface area contributed by atoms with Gasteiger partial charge in [-0.05, 0) is 30.7 Å². The quantitative estimate of drug-likeness (QED) is 0.687. The number of rotatable bonds is 4. The van der Waals surface area contributed by atoms with Crippen molar-refractivity contribution in [3.8, 4) is 11.5 Å². The molecule has 6 nitrogen and oxygen atoms in total. The molecular formula is C15H15NO5. The first kappa shape index (κ1) is 14.6. The van der Waals surface area contributed by atoms with Crippen molar-refractivity contribution in [3.05, 3.63) is 41.3 Å². The van der Waals surface area contributed by atoms with Crippen LogP contribution in [0.5, 0.6) is 11.5 Å². The first-order valence-corrected chi connectivity index (χ1v) is 6.16. The highest BCUT2D eigenvalue weighted by Crippen LogP contribution is 2.28. The summed E-state index contributed by atoms with van der Waals surface area (Å²) in [5.74, 6) is 0.0936. The standard InChI is InChI=1S/C15H15NO5/c1-9-6-13(21-16-9)11(15(18)20-3)7-10-4-5-12(17)14(8-10)19-2/h4-8,17H,1-3H3. The summed E-state index contributed by atoms with van der Waals surface area (Å²) in [5.41, 5.74) is 1.54. The number of esters is 1. The lowest BCUT2D eigenvalue weighted by Crippen LogP contribution is -2.03. The van der Waals surface area contributed by atoms with Gasteiger partial charge in [0.25, 0.3) is 0 Å². The van der Waals surface area contributed by atoms with Gasteiger partial charge < -0.3 is 19.1 Å². The molecule has 0 spiro atoms. The Morgan fingerprint density at radius 3 is 2.67 bits per heavy atom. The van der Waals surface area contributed by atoms with E-state index in [4.69, 9.17) is 14.0 Å². The normalized spacial score (nSPS) is 11.3. The molecule has 2 aromatic rings. The number of aromatic hydroxyl groups is 1. The van der Waals surface area contributed by atoms with Crippen LogP contribution >= 0.6 is 0 Å². The SMILES string of the molecule is COC(=O)C(=Cc1ccc(O)c(OC)c1)c1cc(C)no1. The lowest BCUT2D eigenvalue weighted by molar-refractivity contribution is -0.133. The molecule has 0 fully saturated rings. The summed E-state index contributed by atoms with van der Waals surface area (Å²) < 4.78 is 14.9. The summed E-state index contributed by atoms with van der Waals surface area (Å²) in [6, 6.07) is 6.36. The Morgan fingerprint density at radius 1 is 1.33 bits per heavy atom. The highest BCUT2D eigenvalue weighted by molar-refractivity contribution is 6.20. The average molecular weight is 289 g/mol. The molecule has 21 heavy (non-hydrogen) atoms.